The van der Waals surface area contributed by atoms with Crippen LogP contribution in [0.4, 0.5) is 10.1 Å². The molecule has 2 N–H and O–H groups in total. The molecule has 1 spiro atoms. The average Bonchev–Trinajstić information content (AvgIpc) is 3.32. The zero-order chi connectivity index (χ0) is 20.7. The molecular weight excluding hydrogens is 383 g/mol. The number of aliphatic imine (C=N–C) groups is 1. The van der Waals surface area contributed by atoms with Gasteiger partial charge in [0.2, 0.25) is 5.72 Å². The van der Waals surface area contributed by atoms with E-state index in [1.807, 2.05) is 18.2 Å². The lowest BCUT2D eigenvalue weighted by Crippen LogP contribution is -2.50. The van der Waals surface area contributed by atoms with Crippen molar-refractivity contribution >= 4 is 23.9 Å². The minimum atomic E-state index is -0.640. The van der Waals surface area contributed by atoms with E-state index in [0.717, 1.165) is 61.2 Å². The van der Waals surface area contributed by atoms with E-state index in [2.05, 4.69) is 21.1 Å². The Morgan fingerprint density at radius 2 is 2.20 bits per heavy atom. The SMILES string of the molecule is COc1cc(/C=C2\CCCN3C2=NOC32CCC3=C2C=C(F)CC3)ccc1N=CN. The van der Waals surface area contributed by atoms with Crippen molar-refractivity contribution in [2.24, 2.45) is 15.9 Å². The van der Waals surface area contributed by atoms with Crippen LogP contribution in [-0.4, -0.2) is 36.5 Å². The highest BCUT2D eigenvalue weighted by Crippen LogP contribution is 2.50. The van der Waals surface area contributed by atoms with E-state index in [-0.39, 0.29) is 5.83 Å². The number of hydrogen-bond donors (Lipinski definition) is 1. The molecule has 30 heavy (non-hydrogen) atoms. The summed E-state index contributed by atoms with van der Waals surface area (Å²) in [6.07, 6.45) is 10.0. The van der Waals surface area contributed by atoms with Gasteiger partial charge in [-0.15, -0.1) is 0 Å². The van der Waals surface area contributed by atoms with Crippen LogP contribution in [0.25, 0.3) is 6.08 Å². The lowest BCUT2D eigenvalue weighted by molar-refractivity contribution is -0.0657. The number of ether oxygens (including phenoxy) is 1. The van der Waals surface area contributed by atoms with Crippen LogP contribution in [0.1, 0.15) is 44.1 Å². The first-order valence-corrected chi connectivity index (χ1v) is 10.4. The molecule has 5 rings (SSSR count). The zero-order valence-electron chi connectivity index (χ0n) is 17.0. The van der Waals surface area contributed by atoms with Crippen molar-refractivity contribution in [3.8, 4) is 5.75 Å². The first-order chi connectivity index (χ1) is 14.6. The molecule has 2 aliphatic heterocycles. The van der Waals surface area contributed by atoms with Gasteiger partial charge in [-0.05, 0) is 61.1 Å². The first-order valence-electron chi connectivity index (χ1n) is 10.4. The Bertz CT molecular complexity index is 1040. The zero-order valence-corrected chi connectivity index (χ0v) is 17.0. The monoisotopic (exact) mass is 408 g/mol. The fourth-order valence-corrected chi connectivity index (χ4v) is 4.97. The van der Waals surface area contributed by atoms with Crippen molar-refractivity contribution in [2.45, 2.75) is 44.2 Å². The molecule has 0 radical (unpaired) electrons. The van der Waals surface area contributed by atoms with Gasteiger partial charge in [-0.3, -0.25) is 0 Å². The summed E-state index contributed by atoms with van der Waals surface area (Å²) in [4.78, 5) is 12.4. The van der Waals surface area contributed by atoms with Gasteiger partial charge in [-0.1, -0.05) is 16.8 Å². The van der Waals surface area contributed by atoms with Crippen molar-refractivity contribution in [3.63, 3.8) is 0 Å². The van der Waals surface area contributed by atoms with Gasteiger partial charge in [0, 0.05) is 25.0 Å². The van der Waals surface area contributed by atoms with E-state index >= 15 is 0 Å². The maximum Gasteiger partial charge on any atom is 0.237 e. The number of amidine groups is 1. The predicted molar refractivity (Wildman–Crippen MR) is 115 cm³/mol. The van der Waals surface area contributed by atoms with Crippen LogP contribution in [0.3, 0.4) is 0 Å². The molecular formula is C23H25FN4O2. The fraction of sp³-hybridized carbons (Fsp3) is 0.391. The van der Waals surface area contributed by atoms with Crippen molar-refractivity contribution in [2.75, 3.05) is 13.7 Å². The van der Waals surface area contributed by atoms with E-state index in [4.69, 9.17) is 15.3 Å². The third-order valence-electron chi connectivity index (χ3n) is 6.38. The van der Waals surface area contributed by atoms with Crippen LogP contribution in [0, 0.1) is 0 Å². The van der Waals surface area contributed by atoms with E-state index in [0.29, 0.717) is 17.9 Å². The Labute approximate surface area is 175 Å². The third-order valence-corrected chi connectivity index (χ3v) is 6.38. The number of allylic oxidation sites excluding steroid dienone is 2. The predicted octanol–water partition coefficient (Wildman–Crippen LogP) is 4.57. The number of methoxy groups -OCH3 is 1. The Kier molecular flexibility index (Phi) is 4.60. The Hall–Kier alpha value is -3.09. The van der Waals surface area contributed by atoms with Gasteiger partial charge in [-0.25, -0.2) is 9.38 Å². The van der Waals surface area contributed by atoms with Crippen molar-refractivity contribution in [1.29, 1.82) is 0 Å². The van der Waals surface area contributed by atoms with Crippen LogP contribution < -0.4 is 10.5 Å². The second-order valence-corrected chi connectivity index (χ2v) is 8.03. The molecule has 2 heterocycles. The topological polar surface area (TPSA) is 72.4 Å². The number of nitrogens with two attached hydrogens (primary N) is 1. The number of nitrogens with zero attached hydrogens (tertiary/aromatic N) is 3. The molecule has 1 aromatic carbocycles. The minimum absolute atomic E-state index is 0.0628. The molecule has 1 fully saturated rings. The summed E-state index contributed by atoms with van der Waals surface area (Å²) in [6.45, 7) is 0.857. The lowest BCUT2D eigenvalue weighted by Gasteiger charge is -2.39. The molecule has 0 aromatic heterocycles. The summed E-state index contributed by atoms with van der Waals surface area (Å²) in [5, 5.41) is 4.49. The quantitative estimate of drug-likeness (QED) is 0.587. The number of piperidine rings is 1. The second kappa shape index (κ2) is 7.31. The van der Waals surface area contributed by atoms with Gasteiger partial charge in [0.15, 0.2) is 5.84 Å². The Balaban J connectivity index is 1.47. The molecule has 7 heteroatoms. The lowest BCUT2D eigenvalue weighted by atomic mass is 9.92. The molecule has 0 amide bonds. The van der Waals surface area contributed by atoms with Gasteiger partial charge >= 0.3 is 0 Å². The maximum atomic E-state index is 14.1. The molecule has 2 aliphatic carbocycles. The number of fused-ring (bicyclic) bond motifs is 3. The van der Waals surface area contributed by atoms with Crippen LogP contribution in [-0.2, 0) is 4.84 Å². The van der Waals surface area contributed by atoms with Gasteiger partial charge in [-0.2, -0.15) is 0 Å². The smallest absolute Gasteiger partial charge is 0.237 e. The van der Waals surface area contributed by atoms with Crippen LogP contribution >= 0.6 is 0 Å². The van der Waals surface area contributed by atoms with Crippen molar-refractivity contribution < 1.29 is 14.0 Å². The second-order valence-electron chi connectivity index (χ2n) is 8.03. The molecule has 1 atom stereocenters. The molecule has 1 saturated heterocycles. The third kappa shape index (κ3) is 2.91. The first kappa shape index (κ1) is 18.9. The highest BCUT2D eigenvalue weighted by Gasteiger charge is 2.54. The van der Waals surface area contributed by atoms with Crippen molar-refractivity contribution in [3.05, 3.63) is 52.4 Å². The van der Waals surface area contributed by atoms with Crippen LogP contribution in [0.2, 0.25) is 0 Å². The Morgan fingerprint density at radius 3 is 3.03 bits per heavy atom. The summed E-state index contributed by atoms with van der Waals surface area (Å²) in [7, 11) is 1.62. The summed E-state index contributed by atoms with van der Waals surface area (Å²) in [5.74, 6) is 1.46. The summed E-state index contributed by atoms with van der Waals surface area (Å²) in [6, 6.07) is 5.81. The highest BCUT2D eigenvalue weighted by molar-refractivity contribution is 6.04. The Morgan fingerprint density at radius 1 is 1.30 bits per heavy atom. The molecule has 0 saturated carbocycles. The summed E-state index contributed by atoms with van der Waals surface area (Å²) >= 11 is 0. The summed E-state index contributed by atoms with van der Waals surface area (Å²) < 4.78 is 19.5. The highest BCUT2D eigenvalue weighted by atomic mass is 19.1. The normalized spacial score (nSPS) is 26.7. The van der Waals surface area contributed by atoms with E-state index in [1.165, 1.54) is 11.9 Å². The van der Waals surface area contributed by atoms with E-state index in [9.17, 15) is 4.39 Å². The van der Waals surface area contributed by atoms with Gasteiger partial charge < -0.3 is 20.2 Å². The van der Waals surface area contributed by atoms with Crippen LogP contribution in [0.5, 0.6) is 5.75 Å². The van der Waals surface area contributed by atoms with E-state index in [1.54, 1.807) is 13.2 Å². The molecule has 156 valence electrons. The average molecular weight is 408 g/mol. The number of rotatable bonds is 3. The number of halogens is 1. The molecule has 1 unspecified atom stereocenters. The molecule has 4 aliphatic rings. The van der Waals surface area contributed by atoms with Gasteiger partial charge in [0.05, 0.1) is 13.4 Å². The number of benzene rings is 1. The largest absolute Gasteiger partial charge is 0.494 e. The fourth-order valence-electron chi connectivity index (χ4n) is 4.97. The van der Waals surface area contributed by atoms with Gasteiger partial charge in [0.25, 0.3) is 0 Å². The number of hydrogen-bond acceptors (Lipinski definition) is 5. The standard InChI is InChI=1S/C23H25FN4O2/c1-29-21-12-15(4-7-20(21)26-14-25)11-17-3-2-10-28-22(17)27-30-23(28)9-8-16-5-6-18(24)13-19(16)23/h4,7,11-14H,2-3,5-6,8-10H2,1H3,(H2,25,26)/b17-11+. The van der Waals surface area contributed by atoms with Crippen LogP contribution in [0.15, 0.2) is 57.0 Å². The van der Waals surface area contributed by atoms with Crippen molar-refractivity contribution in [1.82, 2.24) is 4.90 Å². The number of oxime groups is 1. The van der Waals surface area contributed by atoms with E-state index < -0.39 is 5.72 Å². The maximum absolute atomic E-state index is 14.1. The van der Waals surface area contributed by atoms with Gasteiger partial charge in [0.1, 0.15) is 17.3 Å². The molecule has 1 aromatic rings. The molecule has 0 bridgehead atoms. The minimum Gasteiger partial charge on any atom is -0.494 e. The molecule has 6 nitrogen and oxygen atoms in total. The summed E-state index contributed by atoms with van der Waals surface area (Å²) in [5.41, 5.74) is 9.87.